The highest BCUT2D eigenvalue weighted by Crippen LogP contribution is 2.26. The van der Waals surface area contributed by atoms with E-state index in [0.717, 1.165) is 0 Å². The van der Waals surface area contributed by atoms with Crippen LogP contribution < -0.4 is 10.7 Å². The molecule has 0 amide bonds. The van der Waals surface area contributed by atoms with E-state index in [1.165, 1.54) is 24.4 Å². The van der Waals surface area contributed by atoms with Crippen LogP contribution in [0.1, 0.15) is 5.56 Å². The second kappa shape index (κ2) is 7.45. The average molecular weight is 400 g/mol. The van der Waals surface area contributed by atoms with Gasteiger partial charge in [0.15, 0.2) is 11.6 Å². The van der Waals surface area contributed by atoms with Crippen LogP contribution >= 0.6 is 11.6 Å². The van der Waals surface area contributed by atoms with Gasteiger partial charge in [-0.3, -0.25) is 5.43 Å². The van der Waals surface area contributed by atoms with Crippen LogP contribution in [0.3, 0.4) is 0 Å². The summed E-state index contributed by atoms with van der Waals surface area (Å²) in [5.74, 6) is 0.0527. The molecule has 3 N–H and O–H groups in total. The van der Waals surface area contributed by atoms with E-state index >= 15 is 0 Å². The van der Waals surface area contributed by atoms with Gasteiger partial charge in [-0.25, -0.2) is 14.0 Å². The van der Waals surface area contributed by atoms with Crippen molar-refractivity contribution in [3.8, 4) is 5.75 Å². The van der Waals surface area contributed by atoms with Gasteiger partial charge in [0.25, 0.3) is 0 Å². The van der Waals surface area contributed by atoms with Crippen molar-refractivity contribution < 1.29 is 14.1 Å². The Morgan fingerprint density at radius 1 is 1.07 bits per heavy atom. The van der Waals surface area contributed by atoms with E-state index in [0.29, 0.717) is 11.3 Å². The maximum absolute atomic E-state index is 13.4. The molecule has 0 aliphatic carbocycles. The first-order valence-electron chi connectivity index (χ1n) is 7.89. The third-order valence-electron chi connectivity index (χ3n) is 3.55. The van der Waals surface area contributed by atoms with Crippen LogP contribution in [0.15, 0.2) is 52.2 Å². The lowest BCUT2D eigenvalue weighted by atomic mass is 10.2. The Hall–Kier alpha value is -3.79. The van der Waals surface area contributed by atoms with Crippen LogP contribution in [-0.4, -0.2) is 31.6 Å². The van der Waals surface area contributed by atoms with Gasteiger partial charge in [0.05, 0.1) is 11.2 Å². The molecule has 9 nitrogen and oxygen atoms in total. The highest BCUT2D eigenvalue weighted by atomic mass is 35.5. The number of anilines is 3. The SMILES string of the molecule is Oc1cccc(C=NNc2nc3nonc3nc2Nc2ccc(F)c(Cl)c2)c1. The number of aromatic nitrogens is 4. The largest absolute Gasteiger partial charge is 0.508 e. The summed E-state index contributed by atoms with van der Waals surface area (Å²) in [6, 6.07) is 10.7. The zero-order valence-corrected chi connectivity index (χ0v) is 14.7. The first-order chi connectivity index (χ1) is 13.6. The van der Waals surface area contributed by atoms with Crippen molar-refractivity contribution >= 4 is 46.4 Å². The smallest absolute Gasteiger partial charge is 0.245 e. The minimum Gasteiger partial charge on any atom is -0.508 e. The number of phenolic OH excluding ortho intramolecular Hbond substituents is 1. The van der Waals surface area contributed by atoms with Gasteiger partial charge in [-0.2, -0.15) is 10.1 Å². The number of phenols is 1. The summed E-state index contributed by atoms with van der Waals surface area (Å²) in [5, 5.41) is 23.8. The average Bonchev–Trinajstić information content (AvgIpc) is 3.12. The van der Waals surface area contributed by atoms with Gasteiger partial charge in [-0.05, 0) is 46.2 Å². The standard InChI is InChI=1S/C17H11ClFN7O2/c18-12-7-10(4-5-13(12)19)21-14-15(23-17-16(22-14)25-28-26-17)24-20-8-9-2-1-3-11(27)6-9/h1-8,27H,(H,21,22,25)(H,23,24,26). The maximum Gasteiger partial charge on any atom is 0.245 e. The minimum absolute atomic E-state index is 0.0430. The molecule has 0 fully saturated rings. The summed E-state index contributed by atoms with van der Waals surface area (Å²) in [6.45, 7) is 0. The Morgan fingerprint density at radius 2 is 1.86 bits per heavy atom. The van der Waals surface area contributed by atoms with Gasteiger partial charge < -0.3 is 10.4 Å². The summed E-state index contributed by atoms with van der Waals surface area (Å²) in [4.78, 5) is 8.51. The van der Waals surface area contributed by atoms with Crippen molar-refractivity contribution in [3.05, 3.63) is 58.9 Å². The van der Waals surface area contributed by atoms with Crippen molar-refractivity contribution in [2.45, 2.75) is 0 Å². The molecule has 2 aromatic heterocycles. The van der Waals surface area contributed by atoms with Crippen LogP contribution in [-0.2, 0) is 0 Å². The minimum atomic E-state index is -0.538. The summed E-state index contributed by atoms with van der Waals surface area (Å²) in [6.07, 6.45) is 1.49. The number of hydrogen-bond donors (Lipinski definition) is 3. The van der Waals surface area contributed by atoms with Gasteiger partial charge in [-0.15, -0.1) is 0 Å². The number of aromatic hydroxyl groups is 1. The summed E-state index contributed by atoms with van der Waals surface area (Å²) in [7, 11) is 0. The second-order valence-corrected chi connectivity index (χ2v) is 5.96. The van der Waals surface area contributed by atoms with Crippen molar-refractivity contribution in [2.75, 3.05) is 10.7 Å². The number of nitrogens with zero attached hydrogens (tertiary/aromatic N) is 5. The third-order valence-corrected chi connectivity index (χ3v) is 3.84. The van der Waals surface area contributed by atoms with Crippen LogP contribution in [0, 0.1) is 5.82 Å². The zero-order valence-electron chi connectivity index (χ0n) is 14.0. The van der Waals surface area contributed by atoms with E-state index in [4.69, 9.17) is 11.6 Å². The fourth-order valence-electron chi connectivity index (χ4n) is 2.29. The molecule has 4 aromatic rings. The van der Waals surface area contributed by atoms with E-state index in [9.17, 15) is 9.50 Å². The molecular weight excluding hydrogens is 389 g/mol. The molecular formula is C17H11ClFN7O2. The Labute approximate surface area is 161 Å². The van der Waals surface area contributed by atoms with Gasteiger partial charge in [-0.1, -0.05) is 23.7 Å². The molecule has 11 heteroatoms. The first-order valence-corrected chi connectivity index (χ1v) is 8.27. The molecule has 0 bridgehead atoms. The van der Waals surface area contributed by atoms with E-state index in [1.54, 1.807) is 24.3 Å². The molecule has 4 rings (SSSR count). The number of rotatable bonds is 5. The van der Waals surface area contributed by atoms with Crippen LogP contribution in [0.5, 0.6) is 5.75 Å². The van der Waals surface area contributed by atoms with Gasteiger partial charge >= 0.3 is 0 Å². The fraction of sp³-hybridized carbons (Fsp3) is 0. The normalized spacial score (nSPS) is 11.2. The highest BCUT2D eigenvalue weighted by Gasteiger charge is 2.13. The fourth-order valence-corrected chi connectivity index (χ4v) is 2.47. The predicted molar refractivity (Wildman–Crippen MR) is 101 cm³/mol. The molecule has 0 spiro atoms. The number of fused-ring (bicyclic) bond motifs is 1. The molecule has 2 heterocycles. The van der Waals surface area contributed by atoms with Gasteiger partial charge in [0.2, 0.25) is 11.3 Å². The van der Waals surface area contributed by atoms with Crippen molar-refractivity contribution in [1.29, 1.82) is 0 Å². The molecule has 0 saturated heterocycles. The molecule has 0 aliphatic heterocycles. The number of nitrogens with one attached hydrogen (secondary N) is 2. The van der Waals surface area contributed by atoms with E-state index in [-0.39, 0.29) is 33.7 Å². The Balaban J connectivity index is 1.64. The Morgan fingerprint density at radius 3 is 2.61 bits per heavy atom. The number of benzene rings is 2. The van der Waals surface area contributed by atoms with Crippen molar-refractivity contribution in [3.63, 3.8) is 0 Å². The lowest BCUT2D eigenvalue weighted by Crippen LogP contribution is -2.03. The summed E-state index contributed by atoms with van der Waals surface area (Å²) < 4.78 is 18.0. The predicted octanol–water partition coefficient (Wildman–Crippen LogP) is 3.70. The first kappa shape index (κ1) is 17.6. The van der Waals surface area contributed by atoms with E-state index in [2.05, 4.69) is 40.8 Å². The summed E-state index contributed by atoms with van der Waals surface area (Å²) >= 11 is 5.81. The van der Waals surface area contributed by atoms with E-state index in [1.807, 2.05) is 0 Å². The second-order valence-electron chi connectivity index (χ2n) is 5.55. The highest BCUT2D eigenvalue weighted by molar-refractivity contribution is 6.31. The van der Waals surface area contributed by atoms with Crippen LogP contribution in [0.4, 0.5) is 21.7 Å². The Bertz CT molecular complexity index is 1180. The third kappa shape index (κ3) is 3.81. The molecule has 0 saturated carbocycles. The monoisotopic (exact) mass is 399 g/mol. The van der Waals surface area contributed by atoms with Gasteiger partial charge in [0, 0.05) is 5.69 Å². The van der Waals surface area contributed by atoms with Crippen molar-refractivity contribution in [1.82, 2.24) is 20.3 Å². The van der Waals surface area contributed by atoms with Crippen LogP contribution in [0.2, 0.25) is 5.02 Å². The van der Waals surface area contributed by atoms with Gasteiger partial charge in [0.1, 0.15) is 11.6 Å². The topological polar surface area (TPSA) is 121 Å². The number of hydrazone groups is 1. The zero-order chi connectivity index (χ0) is 19.5. The Kier molecular flexibility index (Phi) is 4.68. The molecule has 0 atom stereocenters. The van der Waals surface area contributed by atoms with Crippen molar-refractivity contribution in [2.24, 2.45) is 5.10 Å². The van der Waals surface area contributed by atoms with E-state index < -0.39 is 5.82 Å². The van der Waals surface area contributed by atoms with Crippen LogP contribution in [0.25, 0.3) is 11.3 Å². The molecule has 140 valence electrons. The molecule has 2 aromatic carbocycles. The number of halogens is 2. The lowest BCUT2D eigenvalue weighted by Gasteiger charge is -2.09. The molecule has 0 aliphatic rings. The number of hydrogen-bond acceptors (Lipinski definition) is 9. The summed E-state index contributed by atoms with van der Waals surface area (Å²) in [5.41, 5.74) is 4.26. The molecule has 28 heavy (non-hydrogen) atoms. The molecule has 0 radical (unpaired) electrons. The maximum atomic E-state index is 13.4. The molecule has 0 unspecified atom stereocenters. The quantitative estimate of drug-likeness (QED) is 0.343. The lowest BCUT2D eigenvalue weighted by molar-refractivity contribution is 0.314.